The van der Waals surface area contributed by atoms with Gasteiger partial charge in [-0.2, -0.15) is 0 Å². The Bertz CT molecular complexity index is 768. The van der Waals surface area contributed by atoms with E-state index in [9.17, 15) is 19.1 Å². The molecule has 1 amide bonds. The fourth-order valence-corrected chi connectivity index (χ4v) is 2.55. The normalized spacial score (nSPS) is 11.9. The molecule has 24 heavy (non-hydrogen) atoms. The number of aliphatic hydroxyl groups excluding tert-OH is 1. The van der Waals surface area contributed by atoms with Gasteiger partial charge in [-0.25, -0.2) is 9.18 Å². The summed E-state index contributed by atoms with van der Waals surface area (Å²) in [6.45, 7) is 4.47. The highest BCUT2D eigenvalue weighted by Gasteiger charge is 2.21. The topological polar surface area (TPSA) is 91.4 Å². The number of nitrogens with one attached hydrogen (secondary N) is 2. The molecule has 0 fully saturated rings. The first-order valence-electron chi connectivity index (χ1n) is 7.40. The van der Waals surface area contributed by atoms with Gasteiger partial charge in [0.2, 0.25) is 0 Å². The minimum absolute atomic E-state index is 0.0156. The van der Waals surface area contributed by atoms with Crippen molar-refractivity contribution >= 4 is 17.6 Å². The second-order valence-electron chi connectivity index (χ2n) is 5.44. The van der Waals surface area contributed by atoms with E-state index in [2.05, 4.69) is 10.3 Å². The van der Waals surface area contributed by atoms with E-state index in [-0.39, 0.29) is 11.4 Å². The molecule has 0 aliphatic carbocycles. The maximum atomic E-state index is 13.4. The van der Waals surface area contributed by atoms with Gasteiger partial charge in [0.25, 0.3) is 5.91 Å². The zero-order chi connectivity index (χ0) is 17.9. The fraction of sp³-hybridized carbons (Fsp3) is 0.294. The first kappa shape index (κ1) is 17.7. The molecule has 7 heteroatoms. The van der Waals surface area contributed by atoms with Crippen molar-refractivity contribution in [2.45, 2.75) is 26.9 Å². The molecular weight excluding hydrogens is 315 g/mol. The maximum Gasteiger partial charge on any atom is 0.355 e. The summed E-state index contributed by atoms with van der Waals surface area (Å²) in [5.74, 6) is -1.94. The zero-order valence-corrected chi connectivity index (χ0v) is 13.6. The number of ether oxygens (including phenoxy) is 1. The number of anilines is 1. The Kier molecular flexibility index (Phi) is 5.35. The van der Waals surface area contributed by atoms with Crippen LogP contribution in [0.25, 0.3) is 0 Å². The predicted molar refractivity (Wildman–Crippen MR) is 86.2 cm³/mol. The lowest BCUT2D eigenvalue weighted by molar-refractivity contribution is -0.119. The summed E-state index contributed by atoms with van der Waals surface area (Å²) >= 11 is 0. The highest BCUT2D eigenvalue weighted by atomic mass is 19.1. The van der Waals surface area contributed by atoms with Gasteiger partial charge in [-0.15, -0.1) is 0 Å². The van der Waals surface area contributed by atoms with Crippen LogP contribution in [0.1, 0.15) is 40.3 Å². The van der Waals surface area contributed by atoms with E-state index in [4.69, 9.17) is 4.74 Å². The molecule has 3 N–H and O–H groups in total. The van der Waals surface area contributed by atoms with E-state index >= 15 is 0 Å². The van der Waals surface area contributed by atoms with E-state index in [1.165, 1.54) is 18.2 Å². The van der Waals surface area contributed by atoms with Crippen LogP contribution < -0.4 is 5.32 Å². The van der Waals surface area contributed by atoms with Crippen LogP contribution >= 0.6 is 0 Å². The average Bonchev–Trinajstić information content (AvgIpc) is 2.82. The number of aromatic amines is 1. The summed E-state index contributed by atoms with van der Waals surface area (Å²) in [6.07, 6.45) is -0.729. The van der Waals surface area contributed by atoms with E-state index in [1.54, 1.807) is 26.8 Å². The molecule has 0 radical (unpaired) electrons. The predicted octanol–water partition coefficient (Wildman–Crippen LogP) is 2.62. The highest BCUT2D eigenvalue weighted by Crippen LogP contribution is 2.24. The lowest BCUT2D eigenvalue weighted by atomic mass is 10.1. The van der Waals surface area contributed by atoms with Crippen molar-refractivity contribution in [3.8, 4) is 0 Å². The number of para-hydroxylation sites is 1. The lowest BCUT2D eigenvalue weighted by Crippen LogP contribution is -2.21. The average molecular weight is 334 g/mol. The molecule has 0 aliphatic rings. The third-order valence-corrected chi connectivity index (χ3v) is 3.60. The van der Waals surface area contributed by atoms with E-state index in [1.807, 2.05) is 0 Å². The number of hydrogen-bond acceptors (Lipinski definition) is 4. The molecule has 0 spiro atoms. The number of aliphatic hydroxyl groups is 1. The van der Waals surface area contributed by atoms with Gasteiger partial charge >= 0.3 is 5.97 Å². The molecule has 0 bridgehead atoms. The summed E-state index contributed by atoms with van der Waals surface area (Å²) in [6, 6.07) is 5.70. The number of rotatable bonds is 5. The van der Waals surface area contributed by atoms with Crippen LogP contribution in [0.4, 0.5) is 10.1 Å². The summed E-state index contributed by atoms with van der Waals surface area (Å²) in [5, 5.41) is 12.0. The van der Waals surface area contributed by atoms with Crippen molar-refractivity contribution < 1.29 is 23.8 Å². The van der Waals surface area contributed by atoms with E-state index in [0.29, 0.717) is 16.8 Å². The number of esters is 1. The second-order valence-corrected chi connectivity index (χ2v) is 5.44. The number of hydrogen-bond donors (Lipinski definition) is 3. The van der Waals surface area contributed by atoms with Crippen LogP contribution in [0.2, 0.25) is 0 Å². The van der Waals surface area contributed by atoms with Crippen LogP contribution in [-0.4, -0.2) is 28.6 Å². The van der Waals surface area contributed by atoms with Gasteiger partial charge in [-0.05, 0) is 38.5 Å². The number of halogens is 1. The Morgan fingerprint density at radius 2 is 2.00 bits per heavy atom. The lowest BCUT2D eigenvalue weighted by Gasteiger charge is -2.08. The molecule has 128 valence electrons. The third-order valence-electron chi connectivity index (χ3n) is 3.60. The number of carbonyl (C=O) groups excluding carboxylic acids is 2. The number of carbonyl (C=O) groups is 2. The SMILES string of the molecule is Cc1[nH]c(C(=O)OCC(=O)Nc2ccccc2F)c(C)c1[C@H](C)O. The molecule has 1 atom stereocenters. The third kappa shape index (κ3) is 3.80. The molecule has 6 nitrogen and oxygen atoms in total. The molecule has 0 saturated carbocycles. The Morgan fingerprint density at radius 1 is 1.33 bits per heavy atom. The molecule has 1 aromatic heterocycles. The maximum absolute atomic E-state index is 13.4. The number of aryl methyl sites for hydroxylation is 1. The Morgan fingerprint density at radius 3 is 2.58 bits per heavy atom. The zero-order valence-electron chi connectivity index (χ0n) is 13.6. The minimum Gasteiger partial charge on any atom is -0.451 e. The van der Waals surface area contributed by atoms with Gasteiger partial charge in [0.15, 0.2) is 6.61 Å². The van der Waals surface area contributed by atoms with Crippen molar-refractivity contribution in [3.05, 3.63) is 52.6 Å². The van der Waals surface area contributed by atoms with Gasteiger partial charge < -0.3 is 20.1 Å². The number of H-pyrrole nitrogens is 1. The first-order valence-corrected chi connectivity index (χ1v) is 7.40. The highest BCUT2D eigenvalue weighted by molar-refractivity contribution is 5.95. The fourth-order valence-electron chi connectivity index (χ4n) is 2.55. The molecular formula is C17H19FN2O4. The summed E-state index contributed by atoms with van der Waals surface area (Å²) in [7, 11) is 0. The van der Waals surface area contributed by atoms with E-state index in [0.717, 1.165) is 0 Å². The van der Waals surface area contributed by atoms with Gasteiger partial charge in [0.1, 0.15) is 11.5 Å². The smallest absolute Gasteiger partial charge is 0.355 e. The molecule has 1 heterocycles. The molecule has 0 saturated heterocycles. The van der Waals surface area contributed by atoms with Crippen molar-refractivity contribution in [2.24, 2.45) is 0 Å². The molecule has 0 aliphatic heterocycles. The monoisotopic (exact) mass is 334 g/mol. The Labute approximate surface area is 138 Å². The van der Waals surface area contributed by atoms with Crippen LogP contribution in [-0.2, 0) is 9.53 Å². The second kappa shape index (κ2) is 7.27. The minimum atomic E-state index is -0.729. The van der Waals surface area contributed by atoms with Gasteiger partial charge in [-0.3, -0.25) is 4.79 Å². The molecule has 0 unspecified atom stereocenters. The van der Waals surface area contributed by atoms with Crippen molar-refractivity contribution in [3.63, 3.8) is 0 Å². The van der Waals surface area contributed by atoms with Gasteiger partial charge in [0.05, 0.1) is 11.8 Å². The van der Waals surface area contributed by atoms with Crippen molar-refractivity contribution in [1.82, 2.24) is 4.98 Å². The summed E-state index contributed by atoms with van der Waals surface area (Å²) in [5.41, 5.74) is 2.05. The van der Waals surface area contributed by atoms with Crippen LogP contribution in [0.15, 0.2) is 24.3 Å². The summed E-state index contributed by atoms with van der Waals surface area (Å²) < 4.78 is 18.4. The Balaban J connectivity index is 2.00. The molecule has 2 aromatic rings. The molecule has 2 rings (SSSR count). The number of benzene rings is 1. The van der Waals surface area contributed by atoms with Crippen LogP contribution in [0.5, 0.6) is 0 Å². The van der Waals surface area contributed by atoms with Crippen LogP contribution in [0, 0.1) is 19.7 Å². The standard InChI is InChI=1S/C17H19FN2O4/c1-9-15(11(3)21)10(2)19-16(9)17(23)24-8-14(22)20-13-7-5-4-6-12(13)18/h4-7,11,19,21H,8H2,1-3H3,(H,20,22)/t11-/m0/s1. The number of amides is 1. The van der Waals surface area contributed by atoms with E-state index < -0.39 is 30.4 Å². The Hall–Kier alpha value is -2.67. The summed E-state index contributed by atoms with van der Waals surface area (Å²) in [4.78, 5) is 26.7. The van der Waals surface area contributed by atoms with Gasteiger partial charge in [-0.1, -0.05) is 12.1 Å². The quantitative estimate of drug-likeness (QED) is 0.733. The molecule has 1 aromatic carbocycles. The largest absolute Gasteiger partial charge is 0.451 e. The van der Waals surface area contributed by atoms with Crippen LogP contribution in [0.3, 0.4) is 0 Å². The van der Waals surface area contributed by atoms with Gasteiger partial charge in [0, 0.05) is 11.3 Å². The van der Waals surface area contributed by atoms with Crippen molar-refractivity contribution in [2.75, 3.05) is 11.9 Å². The number of aromatic nitrogens is 1. The first-order chi connectivity index (χ1) is 11.3. The van der Waals surface area contributed by atoms with Crippen molar-refractivity contribution in [1.29, 1.82) is 0 Å².